The van der Waals surface area contributed by atoms with E-state index in [0.29, 0.717) is 12.3 Å². The zero-order valence-corrected chi connectivity index (χ0v) is 15.7. The van der Waals surface area contributed by atoms with Gasteiger partial charge in [-0.25, -0.2) is 0 Å². The Bertz CT molecular complexity index is 744. The topological polar surface area (TPSA) is 65.0 Å². The van der Waals surface area contributed by atoms with E-state index in [2.05, 4.69) is 39.4 Å². The summed E-state index contributed by atoms with van der Waals surface area (Å²) in [5.41, 5.74) is 1.58. The molecule has 2 aromatic carbocycles. The molecule has 1 saturated heterocycles. The lowest BCUT2D eigenvalue weighted by molar-refractivity contribution is 0.0931. The molecule has 1 aliphatic heterocycles. The number of aromatic hydroxyl groups is 1. The molecule has 1 heterocycles. The molecular weight excluding hydrogens is 342 g/mol. The Hall–Kier alpha value is -2.57. The van der Waals surface area contributed by atoms with Crippen LogP contribution in [0.4, 0.5) is 0 Å². The number of phenolic OH excluding ortho intramolecular Hbond substituents is 1. The molecule has 27 heavy (non-hydrogen) atoms. The number of carbonyl (C=O) groups is 1. The van der Waals surface area contributed by atoms with Crippen molar-refractivity contribution < 1.29 is 14.6 Å². The molecule has 0 unspecified atom stereocenters. The van der Waals surface area contributed by atoms with Crippen molar-refractivity contribution in [3.05, 3.63) is 59.7 Å². The first-order valence-electron chi connectivity index (χ1n) is 9.29. The molecule has 0 aromatic heterocycles. The second-order valence-electron chi connectivity index (χ2n) is 6.74. The van der Waals surface area contributed by atoms with Crippen molar-refractivity contribution in [2.24, 2.45) is 0 Å². The summed E-state index contributed by atoms with van der Waals surface area (Å²) in [5.74, 6) is 0.226. The molecule has 6 heteroatoms. The number of nitrogens with one attached hydrogen (secondary N) is 1. The van der Waals surface area contributed by atoms with Gasteiger partial charge >= 0.3 is 0 Å². The van der Waals surface area contributed by atoms with Crippen LogP contribution in [-0.4, -0.2) is 67.2 Å². The SMILES string of the molecule is COc1ccc(O)c(C(=O)NCCN2CCN(Cc3ccccc3)CC2)c1. The molecule has 0 atom stereocenters. The number of ether oxygens (including phenoxy) is 1. The Morgan fingerprint density at radius 1 is 1.07 bits per heavy atom. The lowest BCUT2D eigenvalue weighted by Gasteiger charge is -2.34. The number of hydrogen-bond acceptors (Lipinski definition) is 5. The van der Waals surface area contributed by atoms with Crippen molar-refractivity contribution in [1.29, 1.82) is 0 Å². The van der Waals surface area contributed by atoms with Crippen LogP contribution in [0.5, 0.6) is 11.5 Å². The van der Waals surface area contributed by atoms with Crippen LogP contribution in [0.25, 0.3) is 0 Å². The van der Waals surface area contributed by atoms with Crippen molar-refractivity contribution in [1.82, 2.24) is 15.1 Å². The van der Waals surface area contributed by atoms with Gasteiger partial charge in [0.2, 0.25) is 0 Å². The molecule has 0 radical (unpaired) electrons. The fraction of sp³-hybridized carbons (Fsp3) is 0.381. The minimum atomic E-state index is -0.283. The average molecular weight is 369 g/mol. The van der Waals surface area contributed by atoms with E-state index in [0.717, 1.165) is 39.3 Å². The minimum absolute atomic E-state index is 0.0390. The van der Waals surface area contributed by atoms with Crippen LogP contribution in [0.2, 0.25) is 0 Å². The van der Waals surface area contributed by atoms with E-state index in [1.54, 1.807) is 12.1 Å². The maximum Gasteiger partial charge on any atom is 0.255 e. The minimum Gasteiger partial charge on any atom is -0.507 e. The summed E-state index contributed by atoms with van der Waals surface area (Å²) in [5, 5.41) is 12.7. The Morgan fingerprint density at radius 3 is 2.48 bits per heavy atom. The van der Waals surface area contributed by atoms with Crippen LogP contribution in [0, 0.1) is 0 Å². The maximum absolute atomic E-state index is 12.3. The van der Waals surface area contributed by atoms with Gasteiger partial charge in [0.15, 0.2) is 0 Å². The number of hydrogen-bond donors (Lipinski definition) is 2. The molecule has 2 N–H and O–H groups in total. The van der Waals surface area contributed by atoms with Crippen LogP contribution < -0.4 is 10.1 Å². The average Bonchev–Trinajstić information content (AvgIpc) is 2.70. The highest BCUT2D eigenvalue weighted by molar-refractivity contribution is 5.97. The first-order valence-corrected chi connectivity index (χ1v) is 9.29. The van der Waals surface area contributed by atoms with Crippen molar-refractivity contribution in [2.75, 3.05) is 46.4 Å². The molecule has 0 aliphatic carbocycles. The Balaban J connectivity index is 1.40. The summed E-state index contributed by atoms with van der Waals surface area (Å²) in [6, 6.07) is 15.2. The second kappa shape index (κ2) is 9.39. The van der Waals surface area contributed by atoms with E-state index in [9.17, 15) is 9.90 Å². The molecule has 1 amide bonds. The van der Waals surface area contributed by atoms with Gasteiger partial charge in [-0.15, -0.1) is 0 Å². The van der Waals surface area contributed by atoms with Crippen LogP contribution in [0.15, 0.2) is 48.5 Å². The Morgan fingerprint density at radius 2 is 1.78 bits per heavy atom. The molecule has 1 fully saturated rings. The molecule has 144 valence electrons. The number of carbonyl (C=O) groups excluding carboxylic acids is 1. The van der Waals surface area contributed by atoms with Gasteiger partial charge in [-0.05, 0) is 23.8 Å². The van der Waals surface area contributed by atoms with Crippen LogP contribution in [0.1, 0.15) is 15.9 Å². The highest BCUT2D eigenvalue weighted by atomic mass is 16.5. The number of phenols is 1. The highest BCUT2D eigenvalue weighted by Gasteiger charge is 2.17. The zero-order chi connectivity index (χ0) is 19.1. The van der Waals surface area contributed by atoms with Gasteiger partial charge in [-0.2, -0.15) is 0 Å². The van der Waals surface area contributed by atoms with E-state index in [1.165, 1.54) is 18.7 Å². The summed E-state index contributed by atoms with van der Waals surface area (Å²) in [6.07, 6.45) is 0. The van der Waals surface area contributed by atoms with Crippen molar-refractivity contribution in [3.63, 3.8) is 0 Å². The largest absolute Gasteiger partial charge is 0.507 e. The number of benzene rings is 2. The number of amides is 1. The van der Waals surface area contributed by atoms with E-state index < -0.39 is 0 Å². The molecule has 1 aliphatic rings. The highest BCUT2D eigenvalue weighted by Crippen LogP contribution is 2.22. The first-order chi connectivity index (χ1) is 13.2. The van der Waals surface area contributed by atoms with Crippen LogP contribution in [-0.2, 0) is 6.54 Å². The molecule has 3 rings (SSSR count). The molecule has 2 aromatic rings. The number of methoxy groups -OCH3 is 1. The Kier molecular flexibility index (Phi) is 6.68. The predicted octanol–water partition coefficient (Wildman–Crippen LogP) is 1.95. The fourth-order valence-electron chi connectivity index (χ4n) is 3.26. The van der Waals surface area contributed by atoms with Gasteiger partial charge in [-0.1, -0.05) is 30.3 Å². The van der Waals surface area contributed by atoms with Crippen molar-refractivity contribution in [2.45, 2.75) is 6.54 Å². The van der Waals surface area contributed by atoms with Gasteiger partial charge < -0.3 is 15.2 Å². The summed E-state index contributed by atoms with van der Waals surface area (Å²) >= 11 is 0. The summed E-state index contributed by atoms with van der Waals surface area (Å²) in [4.78, 5) is 17.1. The Labute approximate surface area is 160 Å². The van der Waals surface area contributed by atoms with Gasteiger partial charge in [0.25, 0.3) is 5.91 Å². The first kappa shape index (κ1) is 19.2. The standard InChI is InChI=1S/C21H27N3O3/c1-27-18-7-8-20(25)19(15-18)21(26)22-9-10-23-11-13-24(14-12-23)16-17-5-3-2-4-6-17/h2-8,15,25H,9-14,16H2,1H3,(H,22,26). The normalized spacial score (nSPS) is 15.4. The third kappa shape index (κ3) is 5.45. The molecule has 6 nitrogen and oxygen atoms in total. The second-order valence-corrected chi connectivity index (χ2v) is 6.74. The zero-order valence-electron chi connectivity index (χ0n) is 15.7. The van der Waals surface area contributed by atoms with Gasteiger partial charge in [-0.3, -0.25) is 14.6 Å². The van der Waals surface area contributed by atoms with Gasteiger partial charge in [0.1, 0.15) is 11.5 Å². The molecular formula is C21H27N3O3. The number of piperazine rings is 1. The summed E-state index contributed by atoms with van der Waals surface area (Å²) < 4.78 is 5.11. The van der Waals surface area contributed by atoms with E-state index in [1.807, 2.05) is 6.07 Å². The predicted molar refractivity (Wildman–Crippen MR) is 105 cm³/mol. The summed E-state index contributed by atoms with van der Waals surface area (Å²) in [7, 11) is 1.53. The molecule has 0 bridgehead atoms. The van der Waals surface area contributed by atoms with E-state index in [-0.39, 0.29) is 17.2 Å². The van der Waals surface area contributed by atoms with Crippen molar-refractivity contribution in [3.8, 4) is 11.5 Å². The lowest BCUT2D eigenvalue weighted by Crippen LogP contribution is -2.48. The summed E-state index contributed by atoms with van der Waals surface area (Å²) in [6.45, 7) is 6.38. The third-order valence-corrected chi connectivity index (χ3v) is 4.88. The quantitative estimate of drug-likeness (QED) is 0.781. The van der Waals surface area contributed by atoms with Gasteiger partial charge in [0, 0.05) is 45.8 Å². The van der Waals surface area contributed by atoms with E-state index in [4.69, 9.17) is 4.74 Å². The fourth-order valence-corrected chi connectivity index (χ4v) is 3.26. The van der Waals surface area contributed by atoms with E-state index >= 15 is 0 Å². The number of nitrogens with zero attached hydrogens (tertiary/aromatic N) is 2. The monoisotopic (exact) mass is 369 g/mol. The lowest BCUT2D eigenvalue weighted by atomic mass is 10.1. The smallest absolute Gasteiger partial charge is 0.255 e. The van der Waals surface area contributed by atoms with Crippen molar-refractivity contribution >= 4 is 5.91 Å². The van der Waals surface area contributed by atoms with Crippen LogP contribution in [0.3, 0.4) is 0 Å². The van der Waals surface area contributed by atoms with Gasteiger partial charge in [0.05, 0.1) is 12.7 Å². The third-order valence-electron chi connectivity index (χ3n) is 4.88. The maximum atomic E-state index is 12.3. The molecule has 0 saturated carbocycles. The van der Waals surface area contributed by atoms with Crippen LogP contribution >= 0.6 is 0 Å². The molecule has 0 spiro atoms. The number of rotatable bonds is 7.